The van der Waals surface area contributed by atoms with Gasteiger partial charge in [0, 0.05) is 33.4 Å². The van der Waals surface area contributed by atoms with Gasteiger partial charge < -0.3 is 13.3 Å². The van der Waals surface area contributed by atoms with Crippen LogP contribution in [0.15, 0.2) is 18.2 Å². The van der Waals surface area contributed by atoms with Gasteiger partial charge in [-0.05, 0) is 37.0 Å². The van der Waals surface area contributed by atoms with E-state index in [0.29, 0.717) is 12.0 Å². The molecule has 0 amide bonds. The van der Waals surface area contributed by atoms with Crippen molar-refractivity contribution in [2.45, 2.75) is 38.1 Å². The second-order valence-electron chi connectivity index (χ2n) is 4.99. The fourth-order valence-corrected chi connectivity index (χ4v) is 4.13. The highest BCUT2D eigenvalue weighted by atomic mass is 28.4. The lowest BCUT2D eigenvalue weighted by Crippen LogP contribution is -2.42. The van der Waals surface area contributed by atoms with Crippen LogP contribution in [-0.4, -0.2) is 30.1 Å². The average Bonchev–Trinajstić information content (AvgIpc) is 2.46. The Balaban J connectivity index is 2.23. The van der Waals surface area contributed by atoms with Crippen molar-refractivity contribution in [2.75, 3.05) is 21.3 Å². The van der Waals surface area contributed by atoms with E-state index in [1.807, 2.05) is 0 Å². The minimum Gasteiger partial charge on any atom is -0.377 e. The summed E-state index contributed by atoms with van der Waals surface area (Å²) in [7, 11) is 2.37. The summed E-state index contributed by atoms with van der Waals surface area (Å²) in [4.78, 5) is 0. The van der Waals surface area contributed by atoms with Crippen LogP contribution >= 0.6 is 0 Å². The second-order valence-corrected chi connectivity index (χ2v) is 8.08. The van der Waals surface area contributed by atoms with E-state index in [-0.39, 0.29) is 0 Å². The molecule has 0 bridgehead atoms. The number of benzene rings is 1. The summed E-state index contributed by atoms with van der Waals surface area (Å²) < 4.78 is 42.1. The van der Waals surface area contributed by atoms with E-state index >= 15 is 0 Å². The number of aryl methyl sites for hydroxylation is 1. The van der Waals surface area contributed by atoms with Crippen LogP contribution in [0.4, 0.5) is 8.78 Å². The van der Waals surface area contributed by atoms with Crippen molar-refractivity contribution in [3.63, 3.8) is 0 Å². The summed E-state index contributed by atoms with van der Waals surface area (Å²) in [5.74, 6) is -1.03. The average molecular weight is 318 g/mol. The number of unbranched alkanes of at least 4 members (excludes halogenated alkanes) is 3. The molecular weight excluding hydrogens is 294 g/mol. The zero-order valence-corrected chi connectivity index (χ0v) is 14.0. The number of rotatable bonds is 10. The molecule has 0 aliphatic heterocycles. The summed E-state index contributed by atoms with van der Waals surface area (Å²) >= 11 is 0. The molecule has 0 heterocycles. The Morgan fingerprint density at radius 2 is 1.33 bits per heavy atom. The predicted octanol–water partition coefficient (Wildman–Crippen LogP) is 3.95. The van der Waals surface area contributed by atoms with Gasteiger partial charge in [-0.15, -0.1) is 0 Å². The molecule has 21 heavy (non-hydrogen) atoms. The Hall–Kier alpha value is -0.823. The topological polar surface area (TPSA) is 27.7 Å². The normalized spacial score (nSPS) is 11.9. The molecule has 3 nitrogen and oxygen atoms in total. The van der Waals surface area contributed by atoms with Crippen LogP contribution in [0.25, 0.3) is 0 Å². The fourth-order valence-electron chi connectivity index (χ4n) is 2.34. The molecular formula is C15H24F2O3Si. The Morgan fingerprint density at radius 1 is 0.810 bits per heavy atom. The summed E-state index contributed by atoms with van der Waals surface area (Å²) in [6.45, 7) is 0. The van der Waals surface area contributed by atoms with Crippen LogP contribution in [0.5, 0.6) is 0 Å². The SMILES string of the molecule is CO[Si](CCCCCCc1cc(F)cc(F)c1)(OC)OC. The Morgan fingerprint density at radius 3 is 1.86 bits per heavy atom. The summed E-state index contributed by atoms with van der Waals surface area (Å²) in [6, 6.07) is 4.46. The highest BCUT2D eigenvalue weighted by Crippen LogP contribution is 2.18. The van der Waals surface area contributed by atoms with Gasteiger partial charge >= 0.3 is 8.80 Å². The standard InChI is InChI=1S/C15H24F2O3Si/c1-18-21(19-2,20-3)9-7-5-4-6-8-13-10-14(16)12-15(17)11-13/h10-12H,4-9H2,1-3H3. The minimum atomic E-state index is -2.46. The summed E-state index contributed by atoms with van der Waals surface area (Å²) in [5, 5.41) is 0. The maximum absolute atomic E-state index is 13.0. The molecule has 120 valence electrons. The quantitative estimate of drug-likeness (QED) is 0.483. The second kappa shape index (κ2) is 9.25. The van der Waals surface area contributed by atoms with E-state index in [2.05, 4.69) is 0 Å². The maximum atomic E-state index is 13.0. The van der Waals surface area contributed by atoms with Gasteiger partial charge in [-0.3, -0.25) is 0 Å². The van der Waals surface area contributed by atoms with Gasteiger partial charge in [-0.1, -0.05) is 12.8 Å². The molecule has 0 aromatic heterocycles. The number of halogens is 2. The van der Waals surface area contributed by atoms with Gasteiger partial charge in [-0.2, -0.15) is 0 Å². The van der Waals surface area contributed by atoms with Gasteiger partial charge in [0.2, 0.25) is 0 Å². The minimum absolute atomic E-state index is 0.513. The van der Waals surface area contributed by atoms with Crippen LogP contribution in [0.3, 0.4) is 0 Å². The molecule has 0 spiro atoms. The first-order chi connectivity index (χ1) is 10.0. The van der Waals surface area contributed by atoms with Gasteiger partial charge in [0.1, 0.15) is 11.6 Å². The monoisotopic (exact) mass is 318 g/mol. The third-order valence-electron chi connectivity index (χ3n) is 3.55. The van der Waals surface area contributed by atoms with Gasteiger partial charge in [-0.25, -0.2) is 8.78 Å². The molecule has 0 aliphatic carbocycles. The van der Waals surface area contributed by atoms with E-state index in [0.717, 1.165) is 37.8 Å². The van der Waals surface area contributed by atoms with Gasteiger partial charge in [0.15, 0.2) is 0 Å². The van der Waals surface area contributed by atoms with Crippen LogP contribution in [0.1, 0.15) is 31.2 Å². The van der Waals surface area contributed by atoms with E-state index in [1.165, 1.54) is 12.1 Å². The predicted molar refractivity (Wildman–Crippen MR) is 80.1 cm³/mol. The van der Waals surface area contributed by atoms with Crippen LogP contribution in [0, 0.1) is 11.6 Å². The third kappa shape index (κ3) is 6.21. The molecule has 0 unspecified atom stereocenters. The maximum Gasteiger partial charge on any atom is 0.500 e. The van der Waals surface area contributed by atoms with Crippen molar-refractivity contribution in [3.8, 4) is 0 Å². The fraction of sp³-hybridized carbons (Fsp3) is 0.600. The van der Waals surface area contributed by atoms with E-state index in [4.69, 9.17) is 13.3 Å². The lowest BCUT2D eigenvalue weighted by atomic mass is 10.1. The molecule has 1 aromatic rings. The first-order valence-electron chi connectivity index (χ1n) is 7.15. The van der Waals surface area contributed by atoms with E-state index in [1.54, 1.807) is 21.3 Å². The molecule has 0 atom stereocenters. The summed E-state index contributed by atoms with van der Waals surface area (Å²) in [6.07, 6.45) is 4.57. The molecule has 0 aliphatic rings. The molecule has 6 heteroatoms. The van der Waals surface area contributed by atoms with Crippen LogP contribution in [-0.2, 0) is 19.7 Å². The third-order valence-corrected chi connectivity index (χ3v) is 6.39. The first-order valence-corrected chi connectivity index (χ1v) is 9.09. The van der Waals surface area contributed by atoms with Crippen molar-refractivity contribution < 1.29 is 22.1 Å². The van der Waals surface area contributed by atoms with Crippen molar-refractivity contribution in [2.24, 2.45) is 0 Å². The van der Waals surface area contributed by atoms with E-state index in [9.17, 15) is 8.78 Å². The largest absolute Gasteiger partial charge is 0.500 e. The lowest BCUT2D eigenvalue weighted by molar-refractivity contribution is 0.122. The highest BCUT2D eigenvalue weighted by Gasteiger charge is 2.36. The Bertz CT molecular complexity index is 397. The van der Waals surface area contributed by atoms with Crippen LogP contribution in [0.2, 0.25) is 6.04 Å². The molecule has 1 rings (SSSR count). The number of hydrogen-bond donors (Lipinski definition) is 0. The van der Waals surface area contributed by atoms with E-state index < -0.39 is 20.4 Å². The van der Waals surface area contributed by atoms with Crippen molar-refractivity contribution in [3.05, 3.63) is 35.4 Å². The molecule has 0 N–H and O–H groups in total. The molecule has 0 saturated carbocycles. The molecule has 0 radical (unpaired) electrons. The van der Waals surface area contributed by atoms with Crippen molar-refractivity contribution >= 4 is 8.80 Å². The van der Waals surface area contributed by atoms with Gasteiger partial charge in [0.25, 0.3) is 0 Å². The Kier molecular flexibility index (Phi) is 8.03. The van der Waals surface area contributed by atoms with Crippen LogP contribution < -0.4 is 0 Å². The Labute approximate surface area is 126 Å². The van der Waals surface area contributed by atoms with Crippen molar-refractivity contribution in [1.29, 1.82) is 0 Å². The summed E-state index contributed by atoms with van der Waals surface area (Å²) in [5.41, 5.74) is 0.710. The molecule has 1 aromatic carbocycles. The highest BCUT2D eigenvalue weighted by molar-refractivity contribution is 6.60. The van der Waals surface area contributed by atoms with Crippen molar-refractivity contribution in [1.82, 2.24) is 0 Å². The zero-order valence-electron chi connectivity index (χ0n) is 13.0. The molecule has 0 fully saturated rings. The first kappa shape index (κ1) is 18.2. The lowest BCUT2D eigenvalue weighted by Gasteiger charge is -2.24. The zero-order chi connectivity index (χ0) is 15.7. The number of hydrogen-bond acceptors (Lipinski definition) is 3. The van der Waals surface area contributed by atoms with Gasteiger partial charge in [0.05, 0.1) is 0 Å². The smallest absolute Gasteiger partial charge is 0.377 e. The molecule has 0 saturated heterocycles.